The number of rotatable bonds is 4. The number of halogens is 1. The Hall–Kier alpha value is -0.580. The van der Waals surface area contributed by atoms with Crippen LogP contribution >= 0.6 is 11.6 Å². The molecule has 0 aliphatic rings. The molecule has 0 N–H and O–H groups in total. The van der Waals surface area contributed by atoms with E-state index in [4.69, 9.17) is 21.1 Å². The van der Waals surface area contributed by atoms with Gasteiger partial charge in [-0.1, -0.05) is 11.6 Å². The Morgan fingerprint density at radius 1 is 1.33 bits per heavy atom. The molecule has 0 saturated carbocycles. The van der Waals surface area contributed by atoms with Crippen molar-refractivity contribution in [1.82, 2.24) is 0 Å². The van der Waals surface area contributed by atoms with Gasteiger partial charge in [0, 0.05) is 14.2 Å². The molecule has 0 aromatic heterocycles. The summed E-state index contributed by atoms with van der Waals surface area (Å²) in [7, 11) is 4.12. The molecule has 0 atom stereocenters. The van der Waals surface area contributed by atoms with Crippen molar-refractivity contribution in [1.29, 1.82) is 0 Å². The topological polar surface area (TPSA) is 44.8 Å². The lowest BCUT2D eigenvalue weighted by Gasteiger charge is -2.07. The van der Waals surface area contributed by atoms with E-state index in [2.05, 4.69) is 4.74 Å². The fourth-order valence-electron chi connectivity index (χ4n) is 0.517. The molecule has 0 spiro atoms. The first-order valence-corrected chi connectivity index (χ1v) is 3.54. The first-order valence-electron chi connectivity index (χ1n) is 3.17. The van der Waals surface area contributed by atoms with E-state index in [1.807, 2.05) is 0 Å². The van der Waals surface area contributed by atoms with Gasteiger partial charge in [-0.3, -0.25) is 0 Å². The highest BCUT2D eigenvalue weighted by molar-refractivity contribution is 6.41. The van der Waals surface area contributed by atoms with Crippen LogP contribution in [0.15, 0.2) is 11.1 Å². The molecule has 0 aromatic rings. The molecule has 0 heterocycles. The summed E-state index contributed by atoms with van der Waals surface area (Å²) in [4.78, 5) is 10.7. The van der Waals surface area contributed by atoms with Gasteiger partial charge in [0.1, 0.15) is 5.03 Å². The zero-order valence-corrected chi connectivity index (χ0v) is 7.92. The van der Waals surface area contributed by atoms with Crippen molar-refractivity contribution in [3.8, 4) is 0 Å². The highest BCUT2D eigenvalue weighted by Crippen LogP contribution is 2.06. The number of methoxy groups -OCH3 is 3. The average molecular weight is 195 g/mol. The van der Waals surface area contributed by atoms with Crippen molar-refractivity contribution >= 4 is 17.6 Å². The van der Waals surface area contributed by atoms with Gasteiger partial charge >= 0.3 is 5.97 Å². The molecule has 0 aromatic carbocycles. The lowest BCUT2D eigenvalue weighted by Crippen LogP contribution is -2.11. The lowest BCUT2D eigenvalue weighted by molar-refractivity contribution is -0.135. The molecule has 0 fully saturated rings. The van der Waals surface area contributed by atoms with E-state index in [1.165, 1.54) is 27.4 Å². The minimum atomic E-state index is -0.628. The second-order valence-electron chi connectivity index (χ2n) is 1.85. The number of esters is 1. The fraction of sp³-hybridized carbons (Fsp3) is 0.571. The van der Waals surface area contributed by atoms with Crippen LogP contribution in [0.1, 0.15) is 0 Å². The molecule has 70 valence electrons. The number of hydrogen-bond donors (Lipinski definition) is 0. The lowest BCUT2D eigenvalue weighted by atomic mass is 10.5. The second kappa shape index (κ2) is 5.99. The molecule has 0 rings (SSSR count). The van der Waals surface area contributed by atoms with Gasteiger partial charge in [0.15, 0.2) is 6.29 Å². The van der Waals surface area contributed by atoms with Crippen molar-refractivity contribution in [2.45, 2.75) is 6.29 Å². The van der Waals surface area contributed by atoms with Gasteiger partial charge in [0.2, 0.25) is 0 Å². The van der Waals surface area contributed by atoms with Crippen LogP contribution < -0.4 is 0 Å². The summed E-state index contributed by atoms with van der Waals surface area (Å²) in [5, 5.41) is -0.0637. The molecule has 0 aliphatic heterocycles. The average Bonchev–Trinajstić information content (AvgIpc) is 2.12. The Morgan fingerprint density at radius 3 is 2.17 bits per heavy atom. The normalized spacial score (nSPS) is 11.9. The monoisotopic (exact) mass is 194 g/mol. The zero-order valence-electron chi connectivity index (χ0n) is 7.17. The quantitative estimate of drug-likeness (QED) is 0.379. The molecule has 4 nitrogen and oxygen atoms in total. The number of hydrogen-bond acceptors (Lipinski definition) is 4. The summed E-state index contributed by atoms with van der Waals surface area (Å²) in [6.07, 6.45) is 0.685. The van der Waals surface area contributed by atoms with E-state index < -0.39 is 12.3 Å². The third kappa shape index (κ3) is 3.71. The van der Waals surface area contributed by atoms with E-state index in [9.17, 15) is 4.79 Å². The summed E-state index contributed by atoms with van der Waals surface area (Å²) in [5.74, 6) is -0.615. The van der Waals surface area contributed by atoms with Gasteiger partial charge < -0.3 is 14.2 Å². The van der Waals surface area contributed by atoms with Crippen molar-refractivity contribution in [2.24, 2.45) is 0 Å². The zero-order chi connectivity index (χ0) is 9.56. The summed E-state index contributed by atoms with van der Waals surface area (Å²) in [6, 6.07) is 0. The molecule has 12 heavy (non-hydrogen) atoms. The van der Waals surface area contributed by atoms with Crippen molar-refractivity contribution in [3.63, 3.8) is 0 Å². The predicted molar refractivity (Wildman–Crippen MR) is 43.8 cm³/mol. The second-order valence-corrected chi connectivity index (χ2v) is 2.25. The van der Waals surface area contributed by atoms with E-state index in [1.54, 1.807) is 0 Å². The van der Waals surface area contributed by atoms with Crippen molar-refractivity contribution in [2.75, 3.05) is 21.3 Å². The van der Waals surface area contributed by atoms with Crippen molar-refractivity contribution in [3.05, 3.63) is 11.1 Å². The Labute approximate surface area is 76.0 Å². The Kier molecular flexibility index (Phi) is 5.70. The van der Waals surface area contributed by atoms with E-state index in [-0.39, 0.29) is 5.03 Å². The standard InChI is InChI=1S/C7H11ClO4/c1-10-6(11-2)4-5(8)7(9)12-3/h4,6H,1-3H3. The molecular formula is C7H11ClO4. The molecule has 5 heteroatoms. The third-order valence-corrected chi connectivity index (χ3v) is 1.41. The van der Waals surface area contributed by atoms with Gasteiger partial charge in [-0.15, -0.1) is 0 Å². The van der Waals surface area contributed by atoms with Crippen molar-refractivity contribution < 1.29 is 19.0 Å². The number of ether oxygens (including phenoxy) is 3. The SMILES string of the molecule is COC(=O)C(Cl)=CC(OC)OC. The summed E-state index contributed by atoms with van der Waals surface area (Å²) in [5.41, 5.74) is 0. The highest BCUT2D eigenvalue weighted by atomic mass is 35.5. The first kappa shape index (κ1) is 11.4. The van der Waals surface area contributed by atoms with Crippen LogP contribution in [0.2, 0.25) is 0 Å². The first-order chi connectivity index (χ1) is 5.65. The summed E-state index contributed by atoms with van der Waals surface area (Å²) < 4.78 is 13.9. The smallest absolute Gasteiger partial charge is 0.349 e. The Morgan fingerprint density at radius 2 is 1.83 bits per heavy atom. The Balaban J connectivity index is 4.21. The number of carbonyl (C=O) groups excluding carboxylic acids is 1. The van der Waals surface area contributed by atoms with E-state index in [0.717, 1.165) is 0 Å². The van der Waals surface area contributed by atoms with Crippen LogP contribution in [-0.2, 0) is 19.0 Å². The van der Waals surface area contributed by atoms with Crippen LogP contribution in [0, 0.1) is 0 Å². The number of carbonyl (C=O) groups is 1. The van der Waals surface area contributed by atoms with Gasteiger partial charge in [-0.05, 0) is 6.08 Å². The molecule has 0 unspecified atom stereocenters. The van der Waals surface area contributed by atoms with Crippen LogP contribution in [-0.4, -0.2) is 33.6 Å². The molecule has 0 bridgehead atoms. The predicted octanol–water partition coefficient (Wildman–Crippen LogP) is 0.901. The maximum Gasteiger partial charge on any atom is 0.349 e. The molecular weight excluding hydrogens is 184 g/mol. The third-order valence-electron chi connectivity index (χ3n) is 1.13. The summed E-state index contributed by atoms with van der Waals surface area (Å²) >= 11 is 5.51. The van der Waals surface area contributed by atoms with E-state index >= 15 is 0 Å². The largest absolute Gasteiger partial charge is 0.465 e. The van der Waals surface area contributed by atoms with Crippen LogP contribution in [0.25, 0.3) is 0 Å². The maximum absolute atomic E-state index is 10.7. The summed E-state index contributed by atoms with van der Waals surface area (Å²) in [6.45, 7) is 0. The molecule has 0 radical (unpaired) electrons. The minimum Gasteiger partial charge on any atom is -0.465 e. The Bertz CT molecular complexity index is 174. The maximum atomic E-state index is 10.7. The van der Waals surface area contributed by atoms with Crippen LogP contribution in [0.3, 0.4) is 0 Å². The van der Waals surface area contributed by atoms with Gasteiger partial charge in [-0.2, -0.15) is 0 Å². The molecule has 0 aliphatic carbocycles. The van der Waals surface area contributed by atoms with Gasteiger partial charge in [0.25, 0.3) is 0 Å². The fourth-order valence-corrected chi connectivity index (χ4v) is 0.697. The minimum absolute atomic E-state index is 0.0637. The van der Waals surface area contributed by atoms with E-state index in [0.29, 0.717) is 0 Å². The van der Waals surface area contributed by atoms with Gasteiger partial charge in [0.05, 0.1) is 7.11 Å². The van der Waals surface area contributed by atoms with Crippen LogP contribution in [0.5, 0.6) is 0 Å². The molecule has 0 amide bonds. The highest BCUT2D eigenvalue weighted by Gasteiger charge is 2.09. The van der Waals surface area contributed by atoms with Crippen LogP contribution in [0.4, 0.5) is 0 Å². The van der Waals surface area contributed by atoms with Gasteiger partial charge in [-0.25, -0.2) is 4.79 Å². The molecule has 0 saturated heterocycles.